The highest BCUT2D eigenvalue weighted by Gasteiger charge is 2.36. The molecule has 3 nitrogen and oxygen atoms in total. The lowest BCUT2D eigenvalue weighted by atomic mass is 10.3. The van der Waals surface area contributed by atoms with Crippen LogP contribution in [0.5, 0.6) is 0 Å². The molecule has 0 N–H and O–H groups in total. The maximum absolute atomic E-state index is 6.17. The lowest BCUT2D eigenvalue weighted by molar-refractivity contribution is -0.194. The van der Waals surface area contributed by atoms with E-state index >= 15 is 0 Å². The third-order valence-electron chi connectivity index (χ3n) is 3.25. The van der Waals surface area contributed by atoms with E-state index in [4.69, 9.17) is 13.9 Å². The molecular weight excluding hydrogens is 232 g/mol. The smallest absolute Gasteiger partial charge is 0.272 e. The topological polar surface area (TPSA) is 27.7 Å². The first-order valence-electron chi connectivity index (χ1n) is 6.34. The van der Waals surface area contributed by atoms with Crippen LogP contribution >= 0.6 is 0 Å². The van der Waals surface area contributed by atoms with E-state index < -0.39 is 14.1 Å². The van der Waals surface area contributed by atoms with Crippen LogP contribution in [0.25, 0.3) is 0 Å². The van der Waals surface area contributed by atoms with Gasteiger partial charge in [-0.2, -0.15) is 0 Å². The molecule has 1 rings (SSSR count). The highest BCUT2D eigenvalue weighted by Crippen LogP contribution is 2.32. The fraction of sp³-hybridized carbons (Fsp3) is 0.692. The van der Waals surface area contributed by atoms with Crippen molar-refractivity contribution in [3.63, 3.8) is 0 Å². The van der Waals surface area contributed by atoms with Gasteiger partial charge in [-0.15, -0.1) is 0 Å². The van der Waals surface area contributed by atoms with Crippen LogP contribution in [0.1, 0.15) is 34.6 Å². The molecule has 1 aliphatic heterocycles. The summed E-state index contributed by atoms with van der Waals surface area (Å²) in [6, 6.07) is 3.28. The van der Waals surface area contributed by atoms with Crippen LogP contribution < -0.4 is 0 Å². The van der Waals surface area contributed by atoms with E-state index in [2.05, 4.69) is 27.4 Å². The molecule has 0 unspecified atom stereocenters. The number of hydrogen-bond acceptors (Lipinski definition) is 3. The molecule has 0 aromatic rings. The van der Waals surface area contributed by atoms with Crippen LogP contribution in [0.3, 0.4) is 0 Å². The van der Waals surface area contributed by atoms with Crippen molar-refractivity contribution in [3.05, 3.63) is 24.4 Å². The SMILES string of the molecule is C=C1C=C(O[Si](CC)(CC)CC)OC(C)(C)O1. The molecule has 17 heavy (non-hydrogen) atoms. The average Bonchev–Trinajstić information content (AvgIpc) is 2.23. The second-order valence-electron chi connectivity index (χ2n) is 4.88. The average molecular weight is 256 g/mol. The van der Waals surface area contributed by atoms with Gasteiger partial charge >= 0.3 is 0 Å². The predicted molar refractivity (Wildman–Crippen MR) is 71.8 cm³/mol. The van der Waals surface area contributed by atoms with Crippen molar-refractivity contribution in [2.75, 3.05) is 0 Å². The monoisotopic (exact) mass is 256 g/mol. The van der Waals surface area contributed by atoms with Crippen LogP contribution in [-0.2, 0) is 13.9 Å². The maximum atomic E-state index is 6.17. The summed E-state index contributed by atoms with van der Waals surface area (Å²) in [5, 5.41) is 0. The molecule has 0 radical (unpaired) electrons. The molecule has 0 amide bonds. The molecule has 98 valence electrons. The highest BCUT2D eigenvalue weighted by atomic mass is 28.4. The van der Waals surface area contributed by atoms with E-state index in [0.717, 1.165) is 18.1 Å². The summed E-state index contributed by atoms with van der Waals surface area (Å²) in [5.74, 6) is 0.488. The molecule has 0 bridgehead atoms. The largest absolute Gasteiger partial charge is 0.519 e. The summed E-state index contributed by atoms with van der Waals surface area (Å²) >= 11 is 0. The summed E-state index contributed by atoms with van der Waals surface area (Å²) in [7, 11) is -1.69. The van der Waals surface area contributed by atoms with Gasteiger partial charge in [0.05, 0.1) is 6.08 Å². The molecular formula is C13H24O3Si. The van der Waals surface area contributed by atoms with Gasteiger partial charge in [0, 0.05) is 13.8 Å². The minimum atomic E-state index is -1.69. The van der Waals surface area contributed by atoms with Crippen molar-refractivity contribution < 1.29 is 13.9 Å². The maximum Gasteiger partial charge on any atom is 0.272 e. The van der Waals surface area contributed by atoms with E-state index in [1.807, 2.05) is 13.8 Å². The van der Waals surface area contributed by atoms with E-state index in [1.165, 1.54) is 0 Å². The molecule has 0 aromatic carbocycles. The van der Waals surface area contributed by atoms with E-state index in [9.17, 15) is 0 Å². The van der Waals surface area contributed by atoms with Gasteiger partial charge in [-0.05, 0) is 18.1 Å². The third-order valence-corrected chi connectivity index (χ3v) is 7.75. The lowest BCUT2D eigenvalue weighted by Crippen LogP contribution is -2.39. The Morgan fingerprint density at radius 1 is 1.18 bits per heavy atom. The summed E-state index contributed by atoms with van der Waals surface area (Å²) < 4.78 is 17.3. The molecule has 0 spiro atoms. The van der Waals surface area contributed by atoms with Gasteiger partial charge in [0.25, 0.3) is 14.3 Å². The summed E-state index contributed by atoms with van der Waals surface area (Å²) in [6.07, 6.45) is 1.74. The van der Waals surface area contributed by atoms with Crippen molar-refractivity contribution >= 4 is 8.32 Å². The van der Waals surface area contributed by atoms with Gasteiger partial charge < -0.3 is 13.9 Å². The summed E-state index contributed by atoms with van der Waals surface area (Å²) in [6.45, 7) is 14.1. The van der Waals surface area contributed by atoms with Gasteiger partial charge in [0.1, 0.15) is 5.76 Å². The molecule has 0 aliphatic carbocycles. The Balaban J connectivity index is 2.83. The fourth-order valence-corrected chi connectivity index (χ4v) is 4.46. The number of ether oxygens (including phenoxy) is 2. The Bertz CT molecular complexity index is 308. The van der Waals surface area contributed by atoms with Crippen molar-refractivity contribution in [1.82, 2.24) is 0 Å². The van der Waals surface area contributed by atoms with Gasteiger partial charge in [0.15, 0.2) is 0 Å². The lowest BCUT2D eigenvalue weighted by Gasteiger charge is -2.37. The van der Waals surface area contributed by atoms with E-state index in [0.29, 0.717) is 11.7 Å². The second kappa shape index (κ2) is 5.17. The Kier molecular flexibility index (Phi) is 4.30. The zero-order chi connectivity index (χ0) is 13.1. The Morgan fingerprint density at radius 3 is 2.12 bits per heavy atom. The highest BCUT2D eigenvalue weighted by molar-refractivity contribution is 6.73. The molecule has 0 aromatic heterocycles. The van der Waals surface area contributed by atoms with E-state index in [-0.39, 0.29) is 0 Å². The molecule has 1 aliphatic rings. The Hall–Kier alpha value is -0.903. The number of hydrogen-bond donors (Lipinski definition) is 0. The van der Waals surface area contributed by atoms with Gasteiger partial charge in [-0.3, -0.25) is 0 Å². The van der Waals surface area contributed by atoms with Crippen molar-refractivity contribution in [2.45, 2.75) is 58.5 Å². The van der Waals surface area contributed by atoms with Crippen LogP contribution in [0.15, 0.2) is 24.4 Å². The molecule has 0 atom stereocenters. The van der Waals surface area contributed by atoms with Crippen LogP contribution in [-0.4, -0.2) is 14.1 Å². The Labute approximate surface area is 106 Å². The normalized spacial score (nSPS) is 19.1. The van der Waals surface area contributed by atoms with Crippen LogP contribution in [0.2, 0.25) is 18.1 Å². The first-order valence-corrected chi connectivity index (χ1v) is 8.87. The molecule has 1 heterocycles. The Morgan fingerprint density at radius 2 is 1.71 bits per heavy atom. The summed E-state index contributed by atoms with van der Waals surface area (Å²) in [5.41, 5.74) is 0. The number of rotatable bonds is 5. The van der Waals surface area contributed by atoms with Crippen molar-refractivity contribution in [1.29, 1.82) is 0 Å². The quantitative estimate of drug-likeness (QED) is 0.692. The third kappa shape index (κ3) is 3.53. The zero-order valence-electron chi connectivity index (χ0n) is 11.6. The minimum absolute atomic E-state index is 0.573. The van der Waals surface area contributed by atoms with Gasteiger partial charge in [-0.25, -0.2) is 0 Å². The minimum Gasteiger partial charge on any atom is -0.519 e. The van der Waals surface area contributed by atoms with Gasteiger partial charge in [0.2, 0.25) is 5.79 Å². The standard InChI is InChI=1S/C13H24O3Si/c1-7-17(8-2,9-3)16-12-10-11(4)14-13(5,6)15-12/h10H,4,7-9H2,1-3,5-6H3. The molecule has 0 saturated heterocycles. The van der Waals surface area contributed by atoms with Crippen molar-refractivity contribution in [3.8, 4) is 0 Å². The van der Waals surface area contributed by atoms with Crippen molar-refractivity contribution in [2.24, 2.45) is 0 Å². The van der Waals surface area contributed by atoms with E-state index in [1.54, 1.807) is 6.08 Å². The predicted octanol–water partition coefficient (Wildman–Crippen LogP) is 4.15. The summed E-state index contributed by atoms with van der Waals surface area (Å²) in [4.78, 5) is 0. The zero-order valence-corrected chi connectivity index (χ0v) is 12.6. The first kappa shape index (κ1) is 14.2. The van der Waals surface area contributed by atoms with Gasteiger partial charge in [-0.1, -0.05) is 27.4 Å². The van der Waals surface area contributed by atoms with Crippen LogP contribution in [0, 0.1) is 0 Å². The number of allylic oxidation sites excluding steroid dienone is 1. The first-order chi connectivity index (χ1) is 7.86. The second-order valence-corrected chi connectivity index (χ2v) is 9.57. The van der Waals surface area contributed by atoms with Crippen LogP contribution in [0.4, 0.5) is 0 Å². The molecule has 4 heteroatoms. The fourth-order valence-electron chi connectivity index (χ4n) is 2.00. The molecule has 0 saturated carbocycles. The molecule has 0 fully saturated rings.